The number of anilines is 1. The second kappa shape index (κ2) is 5.07. The van der Waals surface area contributed by atoms with Crippen molar-refractivity contribution in [2.45, 2.75) is 38.9 Å². The first-order chi connectivity index (χ1) is 8.47. The van der Waals surface area contributed by atoms with E-state index < -0.39 is 12.1 Å². The first-order valence-corrected chi connectivity index (χ1v) is 6.59. The molecule has 1 amide bonds. The first-order valence-electron chi connectivity index (χ1n) is 5.77. The Morgan fingerprint density at radius 2 is 2.22 bits per heavy atom. The monoisotopic (exact) mass is 269 g/mol. The minimum Gasteiger partial charge on any atom is -0.477 e. The van der Waals surface area contributed by atoms with E-state index in [1.165, 1.54) is 0 Å². The fourth-order valence-electron chi connectivity index (χ4n) is 1.95. The molecule has 2 N–H and O–H groups in total. The lowest BCUT2D eigenvalue weighted by Crippen LogP contribution is -2.27. The molecular weight excluding hydrogens is 254 g/mol. The molecule has 0 saturated carbocycles. The van der Waals surface area contributed by atoms with Crippen LogP contribution in [0.25, 0.3) is 0 Å². The number of rotatable bonds is 3. The molecule has 2 rings (SSSR count). The molecule has 2 heterocycles. The Morgan fingerprint density at radius 3 is 2.72 bits per heavy atom. The summed E-state index contributed by atoms with van der Waals surface area (Å²) in [7, 11) is 0. The van der Waals surface area contributed by atoms with Gasteiger partial charge in [-0.2, -0.15) is 0 Å². The standard InChI is InChI=1S/C12H15NO4S/c1-6-5-9(18-10(6)12(15)16)13-11(14)8-4-3-7(2)17-8/h5,7-8H,3-4H2,1-2H3,(H,13,14)(H,15,16). The zero-order chi connectivity index (χ0) is 13.3. The Kier molecular flexibility index (Phi) is 3.68. The molecule has 1 saturated heterocycles. The maximum atomic E-state index is 11.9. The van der Waals surface area contributed by atoms with Crippen molar-refractivity contribution in [3.05, 3.63) is 16.5 Å². The lowest BCUT2D eigenvalue weighted by Gasteiger charge is -2.10. The lowest BCUT2D eigenvalue weighted by molar-refractivity contribution is -0.126. The van der Waals surface area contributed by atoms with Gasteiger partial charge in [0.25, 0.3) is 5.91 Å². The number of thiophene rings is 1. The summed E-state index contributed by atoms with van der Waals surface area (Å²) in [6.07, 6.45) is 1.28. The number of nitrogens with one attached hydrogen (secondary N) is 1. The van der Waals surface area contributed by atoms with Crippen molar-refractivity contribution in [1.29, 1.82) is 0 Å². The maximum absolute atomic E-state index is 11.9. The molecule has 98 valence electrons. The van der Waals surface area contributed by atoms with Gasteiger partial charge in [-0.3, -0.25) is 4.79 Å². The van der Waals surface area contributed by atoms with Gasteiger partial charge in [0.05, 0.1) is 11.1 Å². The van der Waals surface area contributed by atoms with E-state index in [1.807, 2.05) is 6.92 Å². The smallest absolute Gasteiger partial charge is 0.346 e. The normalized spacial score (nSPS) is 23.0. The molecule has 2 atom stereocenters. The molecule has 1 aliphatic heterocycles. The van der Waals surface area contributed by atoms with Crippen LogP contribution >= 0.6 is 11.3 Å². The third kappa shape index (κ3) is 2.70. The predicted octanol–water partition coefficient (Wildman–Crippen LogP) is 2.26. The molecule has 1 aromatic rings. The van der Waals surface area contributed by atoms with E-state index in [2.05, 4.69) is 5.32 Å². The SMILES string of the molecule is Cc1cc(NC(=O)C2CCC(C)O2)sc1C(=O)O. The number of carbonyl (C=O) groups excluding carboxylic acids is 1. The average Bonchev–Trinajstić information content (AvgIpc) is 2.85. The molecule has 2 unspecified atom stereocenters. The Morgan fingerprint density at radius 1 is 1.50 bits per heavy atom. The Hall–Kier alpha value is -1.40. The molecule has 5 nitrogen and oxygen atoms in total. The molecule has 18 heavy (non-hydrogen) atoms. The van der Waals surface area contributed by atoms with Gasteiger partial charge in [-0.25, -0.2) is 4.79 Å². The highest BCUT2D eigenvalue weighted by Gasteiger charge is 2.28. The summed E-state index contributed by atoms with van der Waals surface area (Å²) in [4.78, 5) is 23.0. The van der Waals surface area contributed by atoms with Crippen LogP contribution in [0.5, 0.6) is 0 Å². The highest BCUT2D eigenvalue weighted by Crippen LogP contribution is 2.28. The van der Waals surface area contributed by atoms with Crippen LogP contribution in [0.3, 0.4) is 0 Å². The fraction of sp³-hybridized carbons (Fsp3) is 0.500. The van der Waals surface area contributed by atoms with Crippen LogP contribution < -0.4 is 5.32 Å². The predicted molar refractivity (Wildman–Crippen MR) is 68.2 cm³/mol. The summed E-state index contributed by atoms with van der Waals surface area (Å²) >= 11 is 1.07. The Labute approximate surface area is 109 Å². The molecule has 0 bridgehead atoms. The van der Waals surface area contributed by atoms with Crippen molar-refractivity contribution < 1.29 is 19.4 Å². The van der Waals surface area contributed by atoms with Crippen LogP contribution in [0.4, 0.5) is 5.00 Å². The highest BCUT2D eigenvalue weighted by atomic mass is 32.1. The zero-order valence-electron chi connectivity index (χ0n) is 10.2. The number of aryl methyl sites for hydroxylation is 1. The molecule has 0 spiro atoms. The second-order valence-corrected chi connectivity index (χ2v) is 5.48. The minimum atomic E-state index is -0.969. The van der Waals surface area contributed by atoms with Crippen LogP contribution in [-0.2, 0) is 9.53 Å². The topological polar surface area (TPSA) is 75.6 Å². The number of aromatic carboxylic acids is 1. The number of carboxylic acid groups (broad SMARTS) is 1. The number of hydrogen-bond acceptors (Lipinski definition) is 4. The molecule has 1 fully saturated rings. The van der Waals surface area contributed by atoms with Crippen molar-refractivity contribution >= 4 is 28.2 Å². The highest BCUT2D eigenvalue weighted by molar-refractivity contribution is 7.18. The molecule has 0 aliphatic carbocycles. The van der Waals surface area contributed by atoms with Crippen LogP contribution in [0.2, 0.25) is 0 Å². The molecule has 0 aromatic carbocycles. The van der Waals surface area contributed by atoms with E-state index in [1.54, 1.807) is 13.0 Å². The summed E-state index contributed by atoms with van der Waals surface area (Å²) in [5.41, 5.74) is 0.656. The maximum Gasteiger partial charge on any atom is 0.346 e. The van der Waals surface area contributed by atoms with Gasteiger partial charge in [-0.05, 0) is 38.3 Å². The van der Waals surface area contributed by atoms with E-state index in [4.69, 9.17) is 9.84 Å². The van der Waals surface area contributed by atoms with Crippen molar-refractivity contribution in [3.63, 3.8) is 0 Å². The minimum absolute atomic E-state index is 0.111. The van der Waals surface area contributed by atoms with Crippen LogP contribution in [0, 0.1) is 6.92 Å². The van der Waals surface area contributed by atoms with Gasteiger partial charge in [0.2, 0.25) is 0 Å². The van der Waals surface area contributed by atoms with Gasteiger partial charge in [-0.15, -0.1) is 11.3 Å². The summed E-state index contributed by atoms with van der Waals surface area (Å²) in [6, 6.07) is 1.67. The number of carbonyl (C=O) groups is 2. The lowest BCUT2D eigenvalue weighted by atomic mass is 10.2. The first kappa shape index (κ1) is 13.0. The average molecular weight is 269 g/mol. The van der Waals surface area contributed by atoms with Gasteiger partial charge in [0.1, 0.15) is 11.0 Å². The Balaban J connectivity index is 2.03. The largest absolute Gasteiger partial charge is 0.477 e. The molecule has 0 radical (unpaired) electrons. The van der Waals surface area contributed by atoms with Crippen molar-refractivity contribution in [2.75, 3.05) is 5.32 Å². The van der Waals surface area contributed by atoms with Gasteiger partial charge >= 0.3 is 5.97 Å². The van der Waals surface area contributed by atoms with Crippen molar-refractivity contribution in [2.24, 2.45) is 0 Å². The molecule has 1 aromatic heterocycles. The Bertz CT molecular complexity index is 482. The van der Waals surface area contributed by atoms with Gasteiger partial charge in [0, 0.05) is 0 Å². The van der Waals surface area contributed by atoms with Crippen molar-refractivity contribution in [1.82, 2.24) is 0 Å². The molecule has 1 aliphatic rings. The number of carboxylic acids is 1. The fourth-order valence-corrected chi connectivity index (χ4v) is 2.87. The third-order valence-electron chi connectivity index (χ3n) is 2.88. The number of ether oxygens (including phenoxy) is 1. The number of amides is 1. The van der Waals surface area contributed by atoms with Gasteiger partial charge in [-0.1, -0.05) is 0 Å². The second-order valence-electron chi connectivity index (χ2n) is 4.43. The molecular formula is C12H15NO4S. The van der Waals surface area contributed by atoms with E-state index in [9.17, 15) is 9.59 Å². The molecule has 6 heteroatoms. The van der Waals surface area contributed by atoms with E-state index >= 15 is 0 Å². The quantitative estimate of drug-likeness (QED) is 0.882. The summed E-state index contributed by atoms with van der Waals surface area (Å²) in [6.45, 7) is 3.65. The van der Waals surface area contributed by atoms with E-state index in [0.717, 1.165) is 17.8 Å². The third-order valence-corrected chi connectivity index (χ3v) is 4.02. The summed E-state index contributed by atoms with van der Waals surface area (Å²) in [5, 5.41) is 12.2. The van der Waals surface area contributed by atoms with Gasteiger partial charge < -0.3 is 15.2 Å². The van der Waals surface area contributed by atoms with Crippen molar-refractivity contribution in [3.8, 4) is 0 Å². The van der Waals surface area contributed by atoms with Gasteiger partial charge in [0.15, 0.2) is 0 Å². The van der Waals surface area contributed by atoms with Crippen LogP contribution in [0.15, 0.2) is 6.07 Å². The summed E-state index contributed by atoms with van der Waals surface area (Å²) < 4.78 is 5.46. The van der Waals surface area contributed by atoms with Crippen LogP contribution in [-0.4, -0.2) is 29.2 Å². The van der Waals surface area contributed by atoms with E-state index in [-0.39, 0.29) is 16.9 Å². The zero-order valence-corrected chi connectivity index (χ0v) is 11.0. The van der Waals surface area contributed by atoms with Crippen LogP contribution in [0.1, 0.15) is 35.0 Å². The number of hydrogen-bond donors (Lipinski definition) is 2. The van der Waals surface area contributed by atoms with E-state index in [0.29, 0.717) is 17.0 Å². The summed E-state index contributed by atoms with van der Waals surface area (Å²) in [5.74, 6) is -1.17.